The van der Waals surface area contributed by atoms with Crippen molar-refractivity contribution in [1.82, 2.24) is 9.80 Å². The van der Waals surface area contributed by atoms with E-state index in [9.17, 15) is 18.8 Å². The number of allylic oxidation sites excluding steroid dienone is 2. The molecule has 2 aliphatic heterocycles. The number of carbonyl (C=O) groups excluding carboxylic acids is 3. The zero-order valence-corrected chi connectivity index (χ0v) is 15.9. The van der Waals surface area contributed by atoms with Crippen molar-refractivity contribution >= 4 is 17.6 Å². The normalized spacial score (nSPS) is 26.0. The van der Waals surface area contributed by atoms with E-state index in [-0.39, 0.29) is 41.2 Å². The second-order valence-corrected chi connectivity index (χ2v) is 8.09. The summed E-state index contributed by atoms with van der Waals surface area (Å²) in [6.07, 6.45) is 7.09. The molecule has 0 bridgehead atoms. The summed E-state index contributed by atoms with van der Waals surface area (Å²) in [5.74, 6) is -0.407. The first-order valence-corrected chi connectivity index (χ1v) is 10.0. The number of halogens is 1. The van der Waals surface area contributed by atoms with E-state index in [1.54, 1.807) is 0 Å². The molecule has 148 valence electrons. The van der Waals surface area contributed by atoms with Crippen LogP contribution in [0.15, 0.2) is 36.4 Å². The van der Waals surface area contributed by atoms with Gasteiger partial charge in [-0.25, -0.2) is 4.39 Å². The van der Waals surface area contributed by atoms with Crippen molar-refractivity contribution in [2.45, 2.75) is 25.7 Å². The monoisotopic (exact) mass is 384 g/mol. The lowest BCUT2D eigenvalue weighted by Gasteiger charge is -2.33. The maximum Gasteiger partial charge on any atom is 0.233 e. The Labute approximate surface area is 164 Å². The molecule has 4 rings (SSSR count). The molecule has 2 fully saturated rings. The summed E-state index contributed by atoms with van der Waals surface area (Å²) in [6, 6.07) is 5.64. The molecule has 6 heteroatoms. The van der Waals surface area contributed by atoms with Crippen molar-refractivity contribution in [3.8, 4) is 0 Å². The number of likely N-dealkylation sites (tertiary alicyclic amines) is 2. The van der Waals surface area contributed by atoms with Crippen molar-refractivity contribution < 1.29 is 18.8 Å². The molecule has 2 saturated heterocycles. The van der Waals surface area contributed by atoms with Gasteiger partial charge in [0.1, 0.15) is 5.82 Å². The molecule has 2 unspecified atom stereocenters. The zero-order chi connectivity index (χ0) is 19.7. The molecule has 0 aromatic heterocycles. The first kappa shape index (κ1) is 19.0. The van der Waals surface area contributed by atoms with Crippen molar-refractivity contribution in [2.24, 2.45) is 17.8 Å². The number of imide groups is 1. The Hall–Kier alpha value is -2.34. The maximum atomic E-state index is 13.0. The second kappa shape index (κ2) is 7.95. The lowest BCUT2D eigenvalue weighted by Crippen LogP contribution is -2.42. The number of ketones is 1. The molecular weight excluding hydrogens is 359 g/mol. The molecule has 28 heavy (non-hydrogen) atoms. The SMILES string of the molecule is O=C(CN1CCC(CN2C(=O)C3CC=CCC3C2=O)CC1)c1ccc(F)cc1. The topological polar surface area (TPSA) is 57.7 Å². The van der Waals surface area contributed by atoms with E-state index in [0.717, 1.165) is 25.9 Å². The van der Waals surface area contributed by atoms with Gasteiger partial charge in [0.2, 0.25) is 11.8 Å². The highest BCUT2D eigenvalue weighted by atomic mass is 19.1. The molecule has 1 aromatic carbocycles. The van der Waals surface area contributed by atoms with Gasteiger partial charge in [0.15, 0.2) is 5.78 Å². The number of benzene rings is 1. The van der Waals surface area contributed by atoms with Crippen molar-refractivity contribution in [3.05, 3.63) is 47.8 Å². The minimum absolute atomic E-state index is 0.00623. The molecule has 1 aromatic rings. The molecule has 2 heterocycles. The van der Waals surface area contributed by atoms with Gasteiger partial charge in [-0.1, -0.05) is 12.2 Å². The van der Waals surface area contributed by atoms with Crippen LogP contribution in [0, 0.1) is 23.6 Å². The number of piperidine rings is 1. The van der Waals surface area contributed by atoms with Crippen molar-refractivity contribution in [1.29, 1.82) is 0 Å². The highest BCUT2D eigenvalue weighted by molar-refractivity contribution is 6.05. The Balaban J connectivity index is 1.28. The van der Waals surface area contributed by atoms with Crippen LogP contribution in [-0.2, 0) is 9.59 Å². The van der Waals surface area contributed by atoms with Crippen LogP contribution in [0.1, 0.15) is 36.0 Å². The first-order chi connectivity index (χ1) is 13.5. The van der Waals surface area contributed by atoms with Gasteiger partial charge in [0.05, 0.1) is 18.4 Å². The number of nitrogens with zero attached hydrogens (tertiary/aromatic N) is 2. The second-order valence-electron chi connectivity index (χ2n) is 8.09. The fraction of sp³-hybridized carbons (Fsp3) is 0.500. The first-order valence-electron chi connectivity index (χ1n) is 10.0. The Bertz CT molecular complexity index is 771. The van der Waals surface area contributed by atoms with E-state index in [0.29, 0.717) is 31.5 Å². The van der Waals surface area contributed by atoms with Gasteiger partial charge >= 0.3 is 0 Å². The van der Waals surface area contributed by atoms with Crippen LogP contribution < -0.4 is 0 Å². The lowest BCUT2D eigenvalue weighted by molar-refractivity contribution is -0.140. The minimum Gasteiger partial charge on any atom is -0.296 e. The van der Waals surface area contributed by atoms with Gasteiger partial charge in [-0.3, -0.25) is 24.2 Å². The van der Waals surface area contributed by atoms with E-state index >= 15 is 0 Å². The average molecular weight is 384 g/mol. The van der Waals surface area contributed by atoms with Gasteiger partial charge in [-0.15, -0.1) is 0 Å². The number of Topliss-reactive ketones (excluding diaryl/α,β-unsaturated/α-hetero) is 1. The molecule has 0 spiro atoms. The van der Waals surface area contributed by atoms with Gasteiger partial charge in [-0.2, -0.15) is 0 Å². The molecule has 0 N–H and O–H groups in total. The third-order valence-corrected chi connectivity index (χ3v) is 6.28. The third-order valence-electron chi connectivity index (χ3n) is 6.28. The predicted octanol–water partition coefficient (Wildman–Crippen LogP) is 2.67. The Morgan fingerprint density at radius 1 is 0.964 bits per heavy atom. The van der Waals surface area contributed by atoms with Gasteiger partial charge < -0.3 is 0 Å². The standard InChI is InChI=1S/C22H25FN2O3/c23-17-7-5-16(6-8-17)20(26)14-24-11-9-15(10-12-24)13-25-21(27)18-3-1-2-4-19(18)22(25)28/h1-2,5-8,15,18-19H,3-4,9-14H2. The van der Waals surface area contributed by atoms with E-state index in [4.69, 9.17) is 0 Å². The molecule has 1 aliphatic carbocycles. The smallest absolute Gasteiger partial charge is 0.233 e. The van der Waals surface area contributed by atoms with E-state index < -0.39 is 0 Å². The van der Waals surface area contributed by atoms with E-state index in [1.807, 2.05) is 12.2 Å². The Morgan fingerprint density at radius 3 is 2.11 bits per heavy atom. The fourth-order valence-corrected chi connectivity index (χ4v) is 4.56. The van der Waals surface area contributed by atoms with Crippen LogP contribution in [-0.4, -0.2) is 53.6 Å². The molecular formula is C22H25FN2O3. The summed E-state index contributed by atoms with van der Waals surface area (Å²) in [4.78, 5) is 41.1. The largest absolute Gasteiger partial charge is 0.296 e. The number of hydrogen-bond donors (Lipinski definition) is 0. The fourth-order valence-electron chi connectivity index (χ4n) is 4.56. The Morgan fingerprint density at radius 2 is 1.54 bits per heavy atom. The summed E-state index contributed by atoms with van der Waals surface area (Å²) in [6.45, 7) is 2.35. The van der Waals surface area contributed by atoms with Crippen LogP contribution in [0.25, 0.3) is 0 Å². The molecule has 5 nitrogen and oxygen atoms in total. The molecule has 3 aliphatic rings. The van der Waals surface area contributed by atoms with E-state index in [2.05, 4.69) is 4.90 Å². The summed E-state index contributed by atoms with van der Waals surface area (Å²) < 4.78 is 13.0. The predicted molar refractivity (Wildman–Crippen MR) is 102 cm³/mol. The summed E-state index contributed by atoms with van der Waals surface area (Å²) in [5, 5.41) is 0. The number of fused-ring (bicyclic) bond motifs is 1. The molecule has 0 radical (unpaired) electrons. The van der Waals surface area contributed by atoms with Crippen molar-refractivity contribution in [3.63, 3.8) is 0 Å². The van der Waals surface area contributed by atoms with Crippen LogP contribution >= 0.6 is 0 Å². The van der Waals surface area contributed by atoms with Gasteiger partial charge in [0, 0.05) is 12.1 Å². The zero-order valence-electron chi connectivity index (χ0n) is 15.9. The molecule has 0 saturated carbocycles. The minimum atomic E-state index is -0.348. The maximum absolute atomic E-state index is 13.0. The molecule has 2 amide bonds. The van der Waals surface area contributed by atoms with Crippen LogP contribution in [0.3, 0.4) is 0 Å². The number of hydrogen-bond acceptors (Lipinski definition) is 4. The van der Waals surface area contributed by atoms with Gasteiger partial charge in [-0.05, 0) is 69.0 Å². The Kier molecular flexibility index (Phi) is 5.40. The van der Waals surface area contributed by atoms with Crippen molar-refractivity contribution in [2.75, 3.05) is 26.2 Å². The van der Waals surface area contributed by atoms with Gasteiger partial charge in [0.25, 0.3) is 0 Å². The number of amides is 2. The quantitative estimate of drug-likeness (QED) is 0.445. The summed E-state index contributed by atoms with van der Waals surface area (Å²) in [7, 11) is 0. The highest BCUT2D eigenvalue weighted by Gasteiger charge is 2.47. The third kappa shape index (κ3) is 3.78. The summed E-state index contributed by atoms with van der Waals surface area (Å²) >= 11 is 0. The van der Waals surface area contributed by atoms with Crippen LogP contribution in [0.4, 0.5) is 4.39 Å². The number of rotatable bonds is 5. The number of carbonyl (C=O) groups is 3. The average Bonchev–Trinajstić information content (AvgIpc) is 2.95. The molecule has 2 atom stereocenters. The van der Waals surface area contributed by atoms with Crippen LogP contribution in [0.2, 0.25) is 0 Å². The van der Waals surface area contributed by atoms with E-state index in [1.165, 1.54) is 29.2 Å². The summed E-state index contributed by atoms with van der Waals surface area (Å²) in [5.41, 5.74) is 0.521. The van der Waals surface area contributed by atoms with Crippen LogP contribution in [0.5, 0.6) is 0 Å². The lowest BCUT2D eigenvalue weighted by atomic mass is 9.85. The highest BCUT2D eigenvalue weighted by Crippen LogP contribution is 2.36.